The van der Waals surface area contributed by atoms with Gasteiger partial charge in [-0.05, 0) is 18.2 Å². The molecule has 2 N–H and O–H groups in total. The Morgan fingerprint density at radius 1 is 1.30 bits per heavy atom. The second kappa shape index (κ2) is 5.68. The first kappa shape index (κ1) is 14.4. The highest BCUT2D eigenvalue weighted by Gasteiger charge is 2.15. The van der Waals surface area contributed by atoms with Crippen molar-refractivity contribution in [3.8, 4) is 0 Å². The van der Waals surface area contributed by atoms with Crippen LogP contribution in [0.25, 0.3) is 11.0 Å². The van der Waals surface area contributed by atoms with Crippen molar-refractivity contribution in [1.82, 2.24) is 4.98 Å². The summed E-state index contributed by atoms with van der Waals surface area (Å²) in [7, 11) is 0. The second-order valence-corrected chi connectivity index (χ2v) is 4.63. The maximum absolute atomic E-state index is 12.2. The molecule has 3 rings (SSSR count). The van der Waals surface area contributed by atoms with Gasteiger partial charge in [0, 0.05) is 17.6 Å². The highest BCUT2D eigenvalue weighted by Crippen LogP contribution is 2.19. The van der Waals surface area contributed by atoms with Crippen molar-refractivity contribution in [3.63, 3.8) is 0 Å². The minimum Gasteiger partial charge on any atom is -0.463 e. The standard InChI is InChI=1S/C15H10N4O4/c16-14-10-5-4-9(19(21)22)7-12(10)23-8-11(14)15(20)18-13-3-1-2-6-17-13/h1-8,16H,(H,17,18,20). The molecule has 0 spiro atoms. The van der Waals surface area contributed by atoms with E-state index in [0.29, 0.717) is 11.2 Å². The van der Waals surface area contributed by atoms with Gasteiger partial charge in [0.2, 0.25) is 0 Å². The van der Waals surface area contributed by atoms with Crippen LogP contribution in [0.1, 0.15) is 10.4 Å². The molecule has 2 heterocycles. The molecule has 0 atom stereocenters. The van der Waals surface area contributed by atoms with E-state index >= 15 is 0 Å². The number of aromatic nitrogens is 1. The van der Waals surface area contributed by atoms with E-state index in [0.717, 1.165) is 6.26 Å². The molecule has 23 heavy (non-hydrogen) atoms. The first-order valence-electron chi connectivity index (χ1n) is 6.53. The topological polar surface area (TPSA) is 122 Å². The summed E-state index contributed by atoms with van der Waals surface area (Å²) in [5, 5.41) is 21.6. The number of carbonyl (C=O) groups is 1. The Bertz CT molecular complexity index is 966. The fourth-order valence-electron chi connectivity index (χ4n) is 2.04. The largest absolute Gasteiger partial charge is 0.463 e. The van der Waals surface area contributed by atoms with Gasteiger partial charge in [0.1, 0.15) is 23.2 Å². The van der Waals surface area contributed by atoms with Crippen LogP contribution in [0.2, 0.25) is 0 Å². The van der Waals surface area contributed by atoms with Crippen LogP contribution in [-0.4, -0.2) is 15.8 Å². The molecule has 0 fully saturated rings. The van der Waals surface area contributed by atoms with Gasteiger partial charge in [-0.25, -0.2) is 4.98 Å². The monoisotopic (exact) mass is 310 g/mol. The van der Waals surface area contributed by atoms with Crippen LogP contribution in [0.15, 0.2) is 53.3 Å². The van der Waals surface area contributed by atoms with E-state index in [-0.39, 0.29) is 22.2 Å². The number of nitro benzene ring substituents is 1. The molecule has 114 valence electrons. The zero-order chi connectivity index (χ0) is 16.4. The maximum atomic E-state index is 12.2. The van der Waals surface area contributed by atoms with Crippen molar-refractivity contribution < 1.29 is 14.1 Å². The number of rotatable bonds is 3. The number of pyridine rings is 1. The number of fused-ring (bicyclic) bond motifs is 1. The molecule has 0 saturated heterocycles. The van der Waals surface area contributed by atoms with Crippen LogP contribution in [0.5, 0.6) is 0 Å². The third kappa shape index (κ3) is 2.77. The normalized spacial score (nSPS) is 10.4. The van der Waals surface area contributed by atoms with Crippen LogP contribution in [0.3, 0.4) is 0 Å². The Hall–Kier alpha value is -3.55. The predicted octanol–water partition coefficient (Wildman–Crippen LogP) is 2.47. The Kier molecular flexibility index (Phi) is 3.55. The minimum atomic E-state index is -0.555. The van der Waals surface area contributed by atoms with E-state index in [2.05, 4.69) is 10.3 Å². The van der Waals surface area contributed by atoms with Crippen molar-refractivity contribution in [3.05, 3.63) is 69.9 Å². The van der Waals surface area contributed by atoms with E-state index in [1.54, 1.807) is 18.2 Å². The molecule has 0 saturated carbocycles. The summed E-state index contributed by atoms with van der Waals surface area (Å²) in [5.74, 6) is -0.196. The first-order valence-corrected chi connectivity index (χ1v) is 6.53. The second-order valence-electron chi connectivity index (χ2n) is 4.63. The van der Waals surface area contributed by atoms with Crippen LogP contribution >= 0.6 is 0 Å². The van der Waals surface area contributed by atoms with Gasteiger partial charge < -0.3 is 9.73 Å². The average Bonchev–Trinajstić information content (AvgIpc) is 2.55. The molecule has 8 nitrogen and oxygen atoms in total. The lowest BCUT2D eigenvalue weighted by Gasteiger charge is -2.05. The minimum absolute atomic E-state index is 0.0111. The average molecular weight is 310 g/mol. The molecular formula is C15H10N4O4. The van der Waals surface area contributed by atoms with Crippen molar-refractivity contribution in [2.24, 2.45) is 0 Å². The fourth-order valence-corrected chi connectivity index (χ4v) is 2.04. The summed E-state index contributed by atoms with van der Waals surface area (Å²) in [6, 6.07) is 8.90. The lowest BCUT2D eigenvalue weighted by Crippen LogP contribution is -2.21. The molecule has 0 aliphatic rings. The smallest absolute Gasteiger partial charge is 0.273 e. The lowest BCUT2D eigenvalue weighted by atomic mass is 10.1. The summed E-state index contributed by atoms with van der Waals surface area (Å²) >= 11 is 0. The molecule has 1 aromatic carbocycles. The van der Waals surface area contributed by atoms with Gasteiger partial charge in [-0.15, -0.1) is 0 Å². The number of carbonyl (C=O) groups excluding carboxylic acids is 1. The molecular weight excluding hydrogens is 300 g/mol. The quantitative estimate of drug-likeness (QED) is 0.568. The Morgan fingerprint density at radius 2 is 2.13 bits per heavy atom. The van der Waals surface area contributed by atoms with Crippen LogP contribution in [0, 0.1) is 15.5 Å². The fraction of sp³-hybridized carbons (Fsp3) is 0. The molecule has 1 amide bonds. The van der Waals surface area contributed by atoms with E-state index in [1.165, 1.54) is 24.4 Å². The molecule has 0 aliphatic heterocycles. The molecule has 3 aromatic rings. The number of nitrogens with one attached hydrogen (secondary N) is 2. The van der Waals surface area contributed by atoms with Crippen molar-refractivity contribution >= 4 is 28.4 Å². The third-order valence-electron chi connectivity index (χ3n) is 3.17. The number of non-ortho nitro benzene ring substituents is 1. The number of anilines is 1. The van der Waals surface area contributed by atoms with E-state index in [1.807, 2.05) is 0 Å². The summed E-state index contributed by atoms with van der Waals surface area (Å²) < 4.78 is 5.27. The van der Waals surface area contributed by atoms with Gasteiger partial charge in [-0.2, -0.15) is 0 Å². The van der Waals surface area contributed by atoms with E-state index < -0.39 is 10.8 Å². The van der Waals surface area contributed by atoms with Crippen molar-refractivity contribution in [2.45, 2.75) is 0 Å². The van der Waals surface area contributed by atoms with Gasteiger partial charge in [0.25, 0.3) is 11.6 Å². The number of nitro groups is 1. The molecule has 0 unspecified atom stereocenters. The summed E-state index contributed by atoms with van der Waals surface area (Å²) in [4.78, 5) is 26.4. The number of nitrogens with zero attached hydrogens (tertiary/aromatic N) is 2. The Balaban J connectivity index is 2.00. The van der Waals surface area contributed by atoms with Gasteiger partial charge in [-0.3, -0.25) is 20.3 Å². The zero-order valence-corrected chi connectivity index (χ0v) is 11.6. The van der Waals surface area contributed by atoms with Crippen LogP contribution in [0.4, 0.5) is 11.5 Å². The molecule has 2 aromatic heterocycles. The van der Waals surface area contributed by atoms with E-state index in [4.69, 9.17) is 9.83 Å². The maximum Gasteiger partial charge on any atom is 0.273 e. The summed E-state index contributed by atoms with van der Waals surface area (Å²) in [5.41, 5.74) is 0.0296. The number of benzene rings is 1. The summed E-state index contributed by atoms with van der Waals surface area (Å²) in [6.07, 6.45) is 2.63. The highest BCUT2D eigenvalue weighted by molar-refractivity contribution is 6.04. The van der Waals surface area contributed by atoms with Gasteiger partial charge in [0.05, 0.1) is 16.3 Å². The highest BCUT2D eigenvalue weighted by atomic mass is 16.6. The zero-order valence-electron chi connectivity index (χ0n) is 11.6. The number of hydrogen-bond donors (Lipinski definition) is 2. The van der Waals surface area contributed by atoms with Crippen LogP contribution in [-0.2, 0) is 0 Å². The number of amides is 1. The lowest BCUT2D eigenvalue weighted by molar-refractivity contribution is -0.384. The van der Waals surface area contributed by atoms with Crippen molar-refractivity contribution in [1.29, 1.82) is 5.41 Å². The van der Waals surface area contributed by atoms with E-state index in [9.17, 15) is 14.9 Å². The summed E-state index contributed by atoms with van der Waals surface area (Å²) in [6.45, 7) is 0. The van der Waals surface area contributed by atoms with Gasteiger partial charge >= 0.3 is 0 Å². The molecule has 0 aliphatic carbocycles. The first-order chi connectivity index (χ1) is 11.1. The predicted molar refractivity (Wildman–Crippen MR) is 80.9 cm³/mol. The third-order valence-corrected chi connectivity index (χ3v) is 3.17. The number of hydrogen-bond acceptors (Lipinski definition) is 6. The molecule has 8 heteroatoms. The Morgan fingerprint density at radius 3 is 2.83 bits per heavy atom. The molecule has 0 radical (unpaired) electrons. The van der Waals surface area contributed by atoms with Crippen molar-refractivity contribution in [2.75, 3.05) is 5.32 Å². The SMILES string of the molecule is N=c1c(C(=O)Nc2ccccn2)coc2cc([N+](=O)[O-])ccc12. The van der Waals surface area contributed by atoms with Gasteiger partial charge in [0.15, 0.2) is 0 Å². The Labute approximate surface area is 129 Å². The molecule has 0 bridgehead atoms. The van der Waals surface area contributed by atoms with Crippen LogP contribution < -0.4 is 10.7 Å². The van der Waals surface area contributed by atoms with Gasteiger partial charge in [-0.1, -0.05) is 6.07 Å².